The van der Waals surface area contributed by atoms with Crippen molar-refractivity contribution in [3.63, 3.8) is 0 Å². The van der Waals surface area contributed by atoms with E-state index in [0.29, 0.717) is 18.6 Å². The van der Waals surface area contributed by atoms with E-state index < -0.39 is 0 Å². The van der Waals surface area contributed by atoms with E-state index in [4.69, 9.17) is 11.6 Å². The molecule has 0 unspecified atom stereocenters. The van der Waals surface area contributed by atoms with Crippen LogP contribution in [0.4, 0.5) is 5.82 Å². The number of aromatic nitrogens is 2. The monoisotopic (exact) mass is 242 g/mol. The Morgan fingerprint density at radius 1 is 1.56 bits per heavy atom. The third kappa shape index (κ3) is 3.16. The molecule has 0 radical (unpaired) electrons. The smallest absolute Gasteiger partial charge is 0.221 e. The molecule has 16 heavy (non-hydrogen) atoms. The zero-order valence-electron chi connectivity index (χ0n) is 8.66. The first kappa shape index (κ1) is 12.4. The molecule has 0 aliphatic carbocycles. The van der Waals surface area contributed by atoms with Crippen molar-refractivity contribution >= 4 is 29.6 Å². The number of nitrogens with one attached hydrogen (secondary N) is 2. The Bertz CT molecular complexity index is 397. The molecule has 1 rings (SSSR count). The highest BCUT2D eigenvalue weighted by molar-refractivity contribution is 6.32. The van der Waals surface area contributed by atoms with Crippen molar-refractivity contribution in [3.8, 4) is 0 Å². The van der Waals surface area contributed by atoms with E-state index in [9.17, 15) is 9.59 Å². The number of rotatable bonds is 5. The Kier molecular flexibility index (Phi) is 4.65. The van der Waals surface area contributed by atoms with Crippen LogP contribution >= 0.6 is 11.6 Å². The molecule has 2 N–H and O–H groups in total. The Morgan fingerprint density at radius 2 is 2.31 bits per heavy atom. The van der Waals surface area contributed by atoms with Crippen molar-refractivity contribution < 1.29 is 9.59 Å². The quantitative estimate of drug-likeness (QED) is 0.580. The lowest BCUT2D eigenvalue weighted by molar-refractivity contribution is -0.120. The highest BCUT2D eigenvalue weighted by Gasteiger charge is 2.08. The third-order valence-electron chi connectivity index (χ3n) is 1.88. The lowest BCUT2D eigenvalue weighted by atomic mass is 10.3. The van der Waals surface area contributed by atoms with Gasteiger partial charge in [0.25, 0.3) is 0 Å². The predicted molar refractivity (Wildman–Crippen MR) is 59.6 cm³/mol. The van der Waals surface area contributed by atoms with Gasteiger partial charge in [-0.25, -0.2) is 9.97 Å². The molecular formula is C9H11ClN4O2. The highest BCUT2D eigenvalue weighted by atomic mass is 35.5. The number of amides is 1. The summed E-state index contributed by atoms with van der Waals surface area (Å²) in [5, 5.41) is 5.42. The maximum Gasteiger partial charge on any atom is 0.221 e. The van der Waals surface area contributed by atoms with E-state index in [0.717, 1.165) is 0 Å². The lowest BCUT2D eigenvalue weighted by Crippen LogP contribution is -2.21. The Hall–Kier alpha value is -1.69. The van der Waals surface area contributed by atoms with Crippen LogP contribution in [0, 0.1) is 0 Å². The Balaban J connectivity index is 2.63. The summed E-state index contributed by atoms with van der Waals surface area (Å²) in [5.74, 6) is 0.235. The maximum atomic E-state index is 10.9. The molecular weight excluding hydrogens is 232 g/mol. The van der Waals surface area contributed by atoms with Crippen molar-refractivity contribution in [2.24, 2.45) is 0 Å². The van der Waals surface area contributed by atoms with Gasteiger partial charge in [0.2, 0.25) is 5.91 Å². The molecule has 0 aromatic carbocycles. The van der Waals surface area contributed by atoms with Crippen LogP contribution in [0.2, 0.25) is 5.15 Å². The molecule has 0 bridgehead atoms. The van der Waals surface area contributed by atoms with Crippen molar-refractivity contribution in [3.05, 3.63) is 17.0 Å². The Labute approximate surface area is 97.4 Å². The van der Waals surface area contributed by atoms with E-state index >= 15 is 0 Å². The van der Waals surface area contributed by atoms with Gasteiger partial charge < -0.3 is 10.6 Å². The van der Waals surface area contributed by atoms with E-state index in [1.807, 2.05) is 0 Å². The van der Waals surface area contributed by atoms with Gasteiger partial charge >= 0.3 is 0 Å². The van der Waals surface area contributed by atoms with Gasteiger partial charge in [0.15, 0.2) is 6.29 Å². The van der Waals surface area contributed by atoms with Gasteiger partial charge in [-0.3, -0.25) is 9.59 Å². The second-order valence-corrected chi connectivity index (χ2v) is 3.25. The average Bonchev–Trinajstić information content (AvgIpc) is 2.29. The number of hydrogen-bond donors (Lipinski definition) is 2. The van der Waals surface area contributed by atoms with Gasteiger partial charge in [-0.15, -0.1) is 0 Å². The van der Waals surface area contributed by atoms with Gasteiger partial charge in [-0.1, -0.05) is 11.6 Å². The average molecular weight is 243 g/mol. The first-order valence-electron chi connectivity index (χ1n) is 4.59. The van der Waals surface area contributed by atoms with Crippen LogP contribution in [0.1, 0.15) is 16.8 Å². The van der Waals surface area contributed by atoms with E-state index in [1.165, 1.54) is 6.33 Å². The van der Waals surface area contributed by atoms with Gasteiger partial charge in [0, 0.05) is 20.0 Å². The van der Waals surface area contributed by atoms with Crippen LogP contribution in [0.15, 0.2) is 6.33 Å². The Morgan fingerprint density at radius 3 is 2.94 bits per heavy atom. The molecule has 0 fully saturated rings. The van der Waals surface area contributed by atoms with Gasteiger partial charge in [-0.05, 0) is 0 Å². The SMILES string of the molecule is CNC(=O)CCNc1ncnc(Cl)c1C=O. The number of hydrogen-bond acceptors (Lipinski definition) is 5. The molecule has 1 aromatic heterocycles. The standard InChI is InChI=1S/C9H11ClN4O2/c1-11-7(16)2-3-12-9-6(4-15)8(10)13-5-14-9/h4-5H,2-3H2,1H3,(H,11,16)(H,12,13,14). The minimum absolute atomic E-state index is 0.0902. The zero-order chi connectivity index (χ0) is 12.0. The molecule has 1 amide bonds. The minimum Gasteiger partial charge on any atom is -0.369 e. The summed E-state index contributed by atoms with van der Waals surface area (Å²) in [5.41, 5.74) is 0.195. The normalized spacial score (nSPS) is 9.62. The number of aldehydes is 1. The van der Waals surface area contributed by atoms with Crippen LogP contribution < -0.4 is 10.6 Å². The van der Waals surface area contributed by atoms with Crippen LogP contribution in [0.25, 0.3) is 0 Å². The molecule has 7 heteroatoms. The fourth-order valence-corrected chi connectivity index (χ4v) is 1.22. The van der Waals surface area contributed by atoms with E-state index in [1.54, 1.807) is 7.05 Å². The summed E-state index contributed by atoms with van der Waals surface area (Å²) in [6, 6.07) is 0. The largest absolute Gasteiger partial charge is 0.369 e. The van der Waals surface area contributed by atoms with E-state index in [-0.39, 0.29) is 23.0 Å². The second kappa shape index (κ2) is 6.02. The van der Waals surface area contributed by atoms with Crippen LogP contribution in [0.5, 0.6) is 0 Å². The summed E-state index contributed by atoms with van der Waals surface area (Å²) < 4.78 is 0. The molecule has 0 aliphatic rings. The van der Waals surface area contributed by atoms with Crippen molar-refractivity contribution in [2.45, 2.75) is 6.42 Å². The minimum atomic E-state index is -0.0969. The predicted octanol–water partition coefficient (Wildman–Crippen LogP) is 0.490. The number of anilines is 1. The fourth-order valence-electron chi connectivity index (χ4n) is 1.04. The van der Waals surface area contributed by atoms with Crippen LogP contribution in [-0.2, 0) is 4.79 Å². The lowest BCUT2D eigenvalue weighted by Gasteiger charge is -2.07. The van der Waals surface area contributed by atoms with Crippen LogP contribution in [-0.4, -0.2) is 35.8 Å². The first-order chi connectivity index (χ1) is 7.69. The second-order valence-electron chi connectivity index (χ2n) is 2.89. The van der Waals surface area contributed by atoms with E-state index in [2.05, 4.69) is 20.6 Å². The van der Waals surface area contributed by atoms with Gasteiger partial charge in [0.1, 0.15) is 17.3 Å². The molecule has 0 atom stereocenters. The number of carbonyl (C=O) groups excluding carboxylic acids is 2. The number of halogens is 1. The molecule has 86 valence electrons. The highest BCUT2D eigenvalue weighted by Crippen LogP contribution is 2.16. The summed E-state index contributed by atoms with van der Waals surface area (Å²) in [7, 11) is 1.56. The molecule has 1 aromatic rings. The number of nitrogens with zero attached hydrogens (tertiary/aromatic N) is 2. The van der Waals surface area contributed by atoms with Crippen molar-refractivity contribution in [2.75, 3.05) is 18.9 Å². The van der Waals surface area contributed by atoms with Crippen molar-refractivity contribution in [1.29, 1.82) is 0 Å². The topological polar surface area (TPSA) is 84.0 Å². The molecule has 0 spiro atoms. The van der Waals surface area contributed by atoms with Gasteiger partial charge in [0.05, 0.1) is 5.56 Å². The molecule has 0 aliphatic heterocycles. The maximum absolute atomic E-state index is 10.9. The number of carbonyl (C=O) groups is 2. The van der Waals surface area contributed by atoms with Crippen LogP contribution in [0.3, 0.4) is 0 Å². The molecule has 0 saturated heterocycles. The molecule has 1 heterocycles. The summed E-state index contributed by atoms with van der Waals surface area (Å²) in [4.78, 5) is 29.2. The fraction of sp³-hybridized carbons (Fsp3) is 0.333. The summed E-state index contributed by atoms with van der Waals surface area (Å²) in [6.45, 7) is 0.369. The first-order valence-corrected chi connectivity index (χ1v) is 4.97. The third-order valence-corrected chi connectivity index (χ3v) is 2.18. The molecule has 0 saturated carbocycles. The summed E-state index contributed by atoms with van der Waals surface area (Å²) in [6.07, 6.45) is 2.11. The summed E-state index contributed by atoms with van der Waals surface area (Å²) >= 11 is 5.70. The van der Waals surface area contributed by atoms with Crippen molar-refractivity contribution in [1.82, 2.24) is 15.3 Å². The van der Waals surface area contributed by atoms with Gasteiger partial charge in [-0.2, -0.15) is 0 Å². The zero-order valence-corrected chi connectivity index (χ0v) is 9.41. The molecule has 6 nitrogen and oxygen atoms in total.